The van der Waals surface area contributed by atoms with Crippen LogP contribution in [0.25, 0.3) is 44.5 Å². The number of para-hydroxylation sites is 2. The molecule has 0 fully saturated rings. The van der Waals surface area contributed by atoms with Crippen LogP contribution in [0.4, 0.5) is 28.4 Å². The van der Waals surface area contributed by atoms with Gasteiger partial charge in [0.2, 0.25) is 0 Å². The Morgan fingerprint density at radius 1 is 0.436 bits per heavy atom. The number of rotatable bonds is 3. The molecule has 384 valence electrons. The molecule has 4 nitrogen and oxygen atoms in total. The molecule has 0 radical (unpaired) electrons. The average molecular weight is 1020 g/mol. The highest BCUT2D eigenvalue weighted by molar-refractivity contribution is 6.94. The summed E-state index contributed by atoms with van der Waals surface area (Å²) in [5.74, 6) is 2.87. The first-order valence-electron chi connectivity index (χ1n) is 28.4. The van der Waals surface area contributed by atoms with Crippen molar-refractivity contribution in [1.82, 2.24) is 0 Å². The minimum atomic E-state index is -0.334. The second-order valence-electron chi connectivity index (χ2n) is 26.7. The Bertz CT molecular complexity index is 4110. The molecule has 0 aromatic heterocycles. The maximum Gasteiger partial charge on any atom is 0.333 e. The van der Waals surface area contributed by atoms with Crippen LogP contribution >= 0.6 is 0 Å². The molecular formula is C73H67BN2O2. The Labute approximate surface area is 461 Å². The minimum Gasteiger partial charge on any atom is -0.450 e. The largest absolute Gasteiger partial charge is 0.450 e. The van der Waals surface area contributed by atoms with Crippen molar-refractivity contribution in [3.8, 4) is 67.5 Å². The van der Waals surface area contributed by atoms with E-state index < -0.39 is 0 Å². The van der Waals surface area contributed by atoms with Crippen molar-refractivity contribution in [2.45, 2.75) is 123 Å². The molecule has 0 unspecified atom stereocenters. The molecule has 15 rings (SSSR count). The van der Waals surface area contributed by atoms with E-state index in [0.717, 1.165) is 35.8 Å². The second kappa shape index (κ2) is 15.7. The predicted octanol–water partition coefficient (Wildman–Crippen LogP) is 18.5. The van der Waals surface area contributed by atoms with Crippen LogP contribution in [0.2, 0.25) is 0 Å². The Balaban J connectivity index is 1.15. The van der Waals surface area contributed by atoms with Crippen molar-refractivity contribution in [3.63, 3.8) is 0 Å². The summed E-state index contributed by atoms with van der Waals surface area (Å²) in [5.41, 5.74) is 29.0. The number of ether oxygens (including phenoxy) is 2. The molecule has 9 aromatic rings. The first-order valence-corrected chi connectivity index (χ1v) is 28.4. The maximum atomic E-state index is 7.03. The van der Waals surface area contributed by atoms with Crippen LogP contribution in [0.1, 0.15) is 134 Å². The lowest BCUT2D eigenvalue weighted by molar-refractivity contribution is 0.332. The standard InChI is InChI=1S/C73H67BN2O2/c1-42-36-52-53(71(7,8)35-34-70(52,5)6)39-57(42)75-58-41-63-62(77-60-28-20-21-29-61(60)78-63)40-54(58)74-68-59(75)38-48-45-24-16-18-26-49(45)73(11,12)67(48)66(68)65-56(33-31-51-64(65)46-25-17-19-27-50(46)72(51,9)10)76(74)55-32-30-44(69(2,3)4)37-47(55)43-22-14-13-15-23-43/h13-33,36-41H,34-35H2,1-12H3. The molecule has 3 aliphatic carbocycles. The van der Waals surface area contributed by atoms with E-state index >= 15 is 0 Å². The fraction of sp³-hybridized carbons (Fsp3) is 0.260. The summed E-state index contributed by atoms with van der Waals surface area (Å²) < 4.78 is 14.0. The normalized spacial score (nSPS) is 17.4. The molecule has 78 heavy (non-hydrogen) atoms. The molecule has 0 spiro atoms. The van der Waals surface area contributed by atoms with Crippen LogP contribution in [-0.2, 0) is 27.1 Å². The quantitative estimate of drug-likeness (QED) is 0.165. The van der Waals surface area contributed by atoms with Crippen molar-refractivity contribution in [3.05, 3.63) is 208 Å². The fourth-order valence-corrected chi connectivity index (χ4v) is 15.1. The predicted molar refractivity (Wildman–Crippen MR) is 326 cm³/mol. The number of anilines is 5. The molecule has 0 amide bonds. The summed E-state index contributed by atoms with van der Waals surface area (Å²) in [5, 5.41) is 0. The third kappa shape index (κ3) is 6.36. The van der Waals surface area contributed by atoms with Gasteiger partial charge in [-0.05, 0) is 173 Å². The molecule has 0 saturated carbocycles. The smallest absolute Gasteiger partial charge is 0.333 e. The van der Waals surface area contributed by atoms with E-state index in [9.17, 15) is 0 Å². The third-order valence-corrected chi connectivity index (χ3v) is 19.4. The van der Waals surface area contributed by atoms with Gasteiger partial charge in [-0.2, -0.15) is 0 Å². The minimum absolute atomic E-state index is 0.0190. The van der Waals surface area contributed by atoms with Crippen LogP contribution in [0.15, 0.2) is 164 Å². The first kappa shape index (κ1) is 47.5. The SMILES string of the molecule is Cc1cc2c(cc1N1c3cc4c(cc3B3c5c1cc1c(c5-c5c(ccc6c5-c5ccccc5C6(C)C)N3c3ccc(C(C)(C)C)cc3-c3ccccc3)C(C)(C)c3ccccc3-1)Oc1ccccc1O4)C(C)(C)CCC2(C)C. The van der Waals surface area contributed by atoms with Gasteiger partial charge in [-0.3, -0.25) is 0 Å². The van der Waals surface area contributed by atoms with Crippen molar-refractivity contribution < 1.29 is 9.47 Å². The lowest BCUT2D eigenvalue weighted by Crippen LogP contribution is -2.62. The molecular weight excluding hydrogens is 948 g/mol. The van der Waals surface area contributed by atoms with Gasteiger partial charge in [0, 0.05) is 56.5 Å². The summed E-state index contributed by atoms with van der Waals surface area (Å²) in [4.78, 5) is 5.40. The number of nitrogens with zero attached hydrogens (tertiary/aromatic N) is 2. The molecule has 0 atom stereocenters. The van der Waals surface area contributed by atoms with E-state index in [2.05, 4.69) is 232 Å². The average Bonchev–Trinajstić information content (AvgIpc) is 2.98. The monoisotopic (exact) mass is 1010 g/mol. The van der Waals surface area contributed by atoms with E-state index in [4.69, 9.17) is 9.47 Å². The Morgan fingerprint density at radius 3 is 1.73 bits per heavy atom. The Hall–Kier alpha value is -7.76. The molecule has 5 heteroatoms. The third-order valence-electron chi connectivity index (χ3n) is 19.4. The van der Waals surface area contributed by atoms with Crippen LogP contribution in [0, 0.1) is 6.92 Å². The van der Waals surface area contributed by atoms with Gasteiger partial charge in [-0.1, -0.05) is 185 Å². The zero-order valence-corrected chi connectivity index (χ0v) is 47.3. The molecule has 3 heterocycles. The van der Waals surface area contributed by atoms with Crippen molar-refractivity contribution in [1.29, 1.82) is 0 Å². The number of aryl methyl sites for hydroxylation is 1. The highest BCUT2D eigenvalue weighted by Gasteiger charge is 2.53. The summed E-state index contributed by atoms with van der Waals surface area (Å²) in [6.07, 6.45) is 2.28. The van der Waals surface area contributed by atoms with E-state index in [0.29, 0.717) is 5.75 Å². The van der Waals surface area contributed by atoms with Gasteiger partial charge in [-0.15, -0.1) is 0 Å². The molecule has 0 bridgehead atoms. The van der Waals surface area contributed by atoms with Gasteiger partial charge in [0.15, 0.2) is 23.0 Å². The first-order chi connectivity index (χ1) is 37.2. The summed E-state index contributed by atoms with van der Waals surface area (Å²) in [7, 11) is 0. The molecule has 9 aromatic carbocycles. The summed E-state index contributed by atoms with van der Waals surface area (Å²) in [6.45, 7) is 28.7. The van der Waals surface area contributed by atoms with Gasteiger partial charge in [0.05, 0.1) is 0 Å². The molecule has 6 aliphatic rings. The van der Waals surface area contributed by atoms with Gasteiger partial charge in [-0.25, -0.2) is 0 Å². The fourth-order valence-electron chi connectivity index (χ4n) is 15.1. The highest BCUT2D eigenvalue weighted by Crippen LogP contribution is 2.63. The number of fused-ring (bicyclic) bond motifs is 15. The van der Waals surface area contributed by atoms with Crippen LogP contribution in [-0.4, -0.2) is 6.85 Å². The zero-order valence-electron chi connectivity index (χ0n) is 47.3. The molecule has 0 saturated heterocycles. The zero-order chi connectivity index (χ0) is 53.7. The van der Waals surface area contributed by atoms with E-state index in [1.165, 1.54) is 123 Å². The van der Waals surface area contributed by atoms with Gasteiger partial charge in [0.25, 0.3) is 0 Å². The van der Waals surface area contributed by atoms with E-state index in [1.54, 1.807) is 0 Å². The molecule has 3 aliphatic heterocycles. The van der Waals surface area contributed by atoms with Crippen LogP contribution in [0.5, 0.6) is 23.0 Å². The lowest BCUT2D eigenvalue weighted by atomic mass is 9.42. The highest BCUT2D eigenvalue weighted by atomic mass is 16.6. The summed E-state index contributed by atoms with van der Waals surface area (Å²) >= 11 is 0. The maximum absolute atomic E-state index is 7.03. The van der Waals surface area contributed by atoms with Crippen molar-refractivity contribution >= 4 is 46.2 Å². The Morgan fingerprint density at radius 2 is 1.04 bits per heavy atom. The lowest BCUT2D eigenvalue weighted by Gasteiger charge is -2.49. The van der Waals surface area contributed by atoms with Gasteiger partial charge < -0.3 is 19.2 Å². The van der Waals surface area contributed by atoms with Crippen LogP contribution in [0.3, 0.4) is 0 Å². The second-order valence-corrected chi connectivity index (χ2v) is 26.7. The Kier molecular flexibility index (Phi) is 9.56. The van der Waals surface area contributed by atoms with Crippen molar-refractivity contribution in [2.75, 3.05) is 9.71 Å². The number of hydrogen-bond acceptors (Lipinski definition) is 4. The topological polar surface area (TPSA) is 24.9 Å². The van der Waals surface area contributed by atoms with E-state index in [-0.39, 0.29) is 33.9 Å². The van der Waals surface area contributed by atoms with Gasteiger partial charge in [0.1, 0.15) is 0 Å². The number of hydrogen-bond donors (Lipinski definition) is 0. The van der Waals surface area contributed by atoms with Gasteiger partial charge >= 0.3 is 6.85 Å². The van der Waals surface area contributed by atoms with E-state index in [1.807, 2.05) is 24.3 Å². The number of benzene rings is 9. The summed E-state index contributed by atoms with van der Waals surface area (Å²) in [6, 6.07) is 62.3. The van der Waals surface area contributed by atoms with Crippen LogP contribution < -0.4 is 30.1 Å². The van der Waals surface area contributed by atoms with Crippen molar-refractivity contribution in [2.24, 2.45) is 0 Å². The molecule has 0 N–H and O–H groups in total.